The summed E-state index contributed by atoms with van der Waals surface area (Å²) in [6.45, 7) is 3.60. The first kappa shape index (κ1) is 17.0. The summed E-state index contributed by atoms with van der Waals surface area (Å²) in [5.41, 5.74) is 3.63. The van der Waals surface area contributed by atoms with Gasteiger partial charge in [-0.1, -0.05) is 48.5 Å². The molecule has 0 unspecified atom stereocenters. The number of guanidine groups is 1. The standard InChI is InChI=1S/C21H24N4/c1-16-8-4-5-10-18(16)15-25(3)21(22-2)24-14-20-19-11-7-6-9-17(19)12-13-23-20/h4-13H,14-15H2,1-3H3,(H,22,24). The van der Waals surface area contributed by atoms with Crippen LogP contribution < -0.4 is 5.32 Å². The predicted octanol–water partition coefficient (Wildman–Crippen LogP) is 3.75. The van der Waals surface area contributed by atoms with Gasteiger partial charge in [0.25, 0.3) is 0 Å². The molecule has 0 aliphatic heterocycles. The third kappa shape index (κ3) is 3.97. The quantitative estimate of drug-likeness (QED) is 0.584. The Kier molecular flexibility index (Phi) is 5.29. The molecule has 1 aromatic heterocycles. The molecule has 0 spiro atoms. The number of aromatic nitrogens is 1. The molecule has 1 N–H and O–H groups in total. The number of benzene rings is 2. The van der Waals surface area contributed by atoms with E-state index in [-0.39, 0.29) is 0 Å². The zero-order chi connectivity index (χ0) is 17.6. The van der Waals surface area contributed by atoms with E-state index < -0.39 is 0 Å². The van der Waals surface area contributed by atoms with Crippen molar-refractivity contribution in [2.75, 3.05) is 14.1 Å². The lowest BCUT2D eigenvalue weighted by Crippen LogP contribution is -2.38. The predicted molar refractivity (Wildman–Crippen MR) is 105 cm³/mol. The number of hydrogen-bond donors (Lipinski definition) is 1. The van der Waals surface area contributed by atoms with Crippen LogP contribution in [0.5, 0.6) is 0 Å². The third-order valence-corrected chi connectivity index (χ3v) is 4.41. The molecule has 25 heavy (non-hydrogen) atoms. The summed E-state index contributed by atoms with van der Waals surface area (Å²) in [4.78, 5) is 11.1. The third-order valence-electron chi connectivity index (χ3n) is 4.41. The van der Waals surface area contributed by atoms with E-state index in [1.54, 1.807) is 0 Å². The summed E-state index contributed by atoms with van der Waals surface area (Å²) in [5, 5.41) is 5.81. The molecule has 128 valence electrons. The van der Waals surface area contributed by atoms with E-state index in [1.807, 2.05) is 25.4 Å². The van der Waals surface area contributed by atoms with Gasteiger partial charge in [0, 0.05) is 32.2 Å². The second-order valence-corrected chi connectivity index (χ2v) is 6.16. The molecule has 0 atom stereocenters. The molecule has 3 rings (SSSR count). The highest BCUT2D eigenvalue weighted by molar-refractivity contribution is 5.85. The van der Waals surface area contributed by atoms with Crippen molar-refractivity contribution in [2.24, 2.45) is 4.99 Å². The average Bonchev–Trinajstić information content (AvgIpc) is 2.64. The topological polar surface area (TPSA) is 40.5 Å². The van der Waals surface area contributed by atoms with E-state index in [4.69, 9.17) is 0 Å². The van der Waals surface area contributed by atoms with Crippen LogP contribution in [0.3, 0.4) is 0 Å². The van der Waals surface area contributed by atoms with Crippen molar-refractivity contribution in [2.45, 2.75) is 20.0 Å². The van der Waals surface area contributed by atoms with Gasteiger partial charge in [-0.15, -0.1) is 0 Å². The molecule has 0 aliphatic rings. The number of fused-ring (bicyclic) bond motifs is 1. The van der Waals surface area contributed by atoms with Crippen LogP contribution in [0.1, 0.15) is 16.8 Å². The van der Waals surface area contributed by atoms with Crippen molar-refractivity contribution in [3.05, 3.63) is 77.6 Å². The minimum absolute atomic E-state index is 0.645. The molecule has 3 aromatic rings. The Morgan fingerprint density at radius 3 is 2.64 bits per heavy atom. The van der Waals surface area contributed by atoms with E-state index in [2.05, 4.69) is 76.6 Å². The normalized spacial score (nSPS) is 11.6. The molecule has 1 heterocycles. The highest BCUT2D eigenvalue weighted by Gasteiger charge is 2.09. The molecule has 0 saturated carbocycles. The minimum Gasteiger partial charge on any atom is -0.351 e. The SMILES string of the molecule is CN=C(NCc1nccc2ccccc12)N(C)Cc1ccccc1C. The second kappa shape index (κ2) is 7.79. The first-order valence-corrected chi connectivity index (χ1v) is 8.48. The monoisotopic (exact) mass is 332 g/mol. The Balaban J connectivity index is 1.71. The summed E-state index contributed by atoms with van der Waals surface area (Å²) in [6, 6.07) is 18.8. The van der Waals surface area contributed by atoms with Gasteiger partial charge in [-0.05, 0) is 29.5 Å². The van der Waals surface area contributed by atoms with Gasteiger partial charge in [0.05, 0.1) is 12.2 Å². The summed E-state index contributed by atoms with van der Waals surface area (Å²) in [5.74, 6) is 0.859. The smallest absolute Gasteiger partial charge is 0.194 e. The van der Waals surface area contributed by atoms with Crippen LogP contribution in [0.15, 0.2) is 65.8 Å². The van der Waals surface area contributed by atoms with Gasteiger partial charge in [0.1, 0.15) is 0 Å². The highest BCUT2D eigenvalue weighted by atomic mass is 15.3. The van der Waals surface area contributed by atoms with Gasteiger partial charge in [-0.3, -0.25) is 9.98 Å². The number of aliphatic imine (C=N–C) groups is 1. The van der Waals surface area contributed by atoms with Gasteiger partial charge in [0.15, 0.2) is 5.96 Å². The molecule has 0 bridgehead atoms. The molecule has 2 aromatic carbocycles. The second-order valence-electron chi connectivity index (χ2n) is 6.16. The Hall–Kier alpha value is -2.88. The Labute approximate surface area is 149 Å². The zero-order valence-electron chi connectivity index (χ0n) is 15.0. The summed E-state index contributed by atoms with van der Waals surface area (Å²) in [7, 11) is 3.87. The van der Waals surface area contributed by atoms with Crippen LogP contribution in [0.4, 0.5) is 0 Å². The summed E-state index contributed by atoms with van der Waals surface area (Å²) >= 11 is 0. The fourth-order valence-corrected chi connectivity index (χ4v) is 2.99. The summed E-state index contributed by atoms with van der Waals surface area (Å²) in [6.07, 6.45) is 1.86. The zero-order valence-corrected chi connectivity index (χ0v) is 15.0. The molecule has 0 amide bonds. The number of nitrogens with one attached hydrogen (secondary N) is 1. The van der Waals surface area contributed by atoms with Crippen molar-refractivity contribution in [3.8, 4) is 0 Å². The maximum atomic E-state index is 4.53. The molecule has 4 heteroatoms. The van der Waals surface area contributed by atoms with E-state index in [0.717, 1.165) is 18.2 Å². The Morgan fingerprint density at radius 2 is 1.84 bits per heavy atom. The van der Waals surface area contributed by atoms with Crippen molar-refractivity contribution in [1.82, 2.24) is 15.2 Å². The van der Waals surface area contributed by atoms with Gasteiger partial charge >= 0.3 is 0 Å². The van der Waals surface area contributed by atoms with Crippen molar-refractivity contribution < 1.29 is 0 Å². The number of rotatable bonds is 4. The molecule has 0 radical (unpaired) electrons. The van der Waals surface area contributed by atoms with Gasteiger partial charge in [-0.2, -0.15) is 0 Å². The maximum absolute atomic E-state index is 4.53. The lowest BCUT2D eigenvalue weighted by Gasteiger charge is -2.23. The highest BCUT2D eigenvalue weighted by Crippen LogP contribution is 2.16. The molecular formula is C21H24N4. The molecule has 0 aliphatic carbocycles. The first-order chi connectivity index (χ1) is 12.2. The average molecular weight is 332 g/mol. The largest absolute Gasteiger partial charge is 0.351 e. The van der Waals surface area contributed by atoms with Gasteiger partial charge < -0.3 is 10.2 Å². The fourth-order valence-electron chi connectivity index (χ4n) is 2.99. The maximum Gasteiger partial charge on any atom is 0.194 e. The first-order valence-electron chi connectivity index (χ1n) is 8.48. The van der Waals surface area contributed by atoms with E-state index >= 15 is 0 Å². The number of nitrogens with zero attached hydrogens (tertiary/aromatic N) is 3. The van der Waals surface area contributed by atoms with Crippen LogP contribution >= 0.6 is 0 Å². The van der Waals surface area contributed by atoms with Crippen LogP contribution in [-0.2, 0) is 13.1 Å². The van der Waals surface area contributed by atoms with Crippen LogP contribution in [-0.4, -0.2) is 29.9 Å². The minimum atomic E-state index is 0.645. The number of aryl methyl sites for hydroxylation is 1. The van der Waals surface area contributed by atoms with E-state index in [1.165, 1.54) is 21.9 Å². The molecule has 4 nitrogen and oxygen atoms in total. The number of hydrogen-bond acceptors (Lipinski definition) is 2. The van der Waals surface area contributed by atoms with Gasteiger partial charge in [0.2, 0.25) is 0 Å². The molecular weight excluding hydrogens is 308 g/mol. The van der Waals surface area contributed by atoms with Crippen LogP contribution in [0.25, 0.3) is 10.8 Å². The Morgan fingerprint density at radius 1 is 1.08 bits per heavy atom. The van der Waals surface area contributed by atoms with Gasteiger partial charge in [-0.25, -0.2) is 0 Å². The van der Waals surface area contributed by atoms with E-state index in [0.29, 0.717) is 6.54 Å². The summed E-state index contributed by atoms with van der Waals surface area (Å²) < 4.78 is 0. The lowest BCUT2D eigenvalue weighted by atomic mass is 10.1. The Bertz CT molecular complexity index is 880. The van der Waals surface area contributed by atoms with Crippen LogP contribution in [0.2, 0.25) is 0 Å². The van der Waals surface area contributed by atoms with E-state index in [9.17, 15) is 0 Å². The lowest BCUT2D eigenvalue weighted by molar-refractivity contribution is 0.475. The van der Waals surface area contributed by atoms with Crippen molar-refractivity contribution >= 4 is 16.7 Å². The molecule has 0 fully saturated rings. The van der Waals surface area contributed by atoms with Crippen LogP contribution in [0, 0.1) is 6.92 Å². The molecule has 0 saturated heterocycles. The van der Waals surface area contributed by atoms with Crippen molar-refractivity contribution in [1.29, 1.82) is 0 Å². The van der Waals surface area contributed by atoms with Crippen molar-refractivity contribution in [3.63, 3.8) is 0 Å². The fraction of sp³-hybridized carbons (Fsp3) is 0.238. The number of pyridine rings is 1.